The molecule has 36 heavy (non-hydrogen) atoms. The molecule has 5 nitrogen and oxygen atoms in total. The smallest absolute Gasteiger partial charge is 0.137 e. The van der Waals surface area contributed by atoms with E-state index in [2.05, 4.69) is 96.0 Å². The standard InChI is InChI=1S/C31H26N4O/c1-19-13-14-33-30(15-19)35-27-10-5-4-9-24(27)25-12-11-22(17-28(25)35)36-23-16-26(34-29(32)18-23)31-20(2)7-6-8-21(31)3/h4-18H,1-3H3,(H2,32,34). The monoisotopic (exact) mass is 470 g/mol. The van der Waals surface area contributed by atoms with Crippen LogP contribution in [0.15, 0.2) is 91.1 Å². The van der Waals surface area contributed by atoms with E-state index >= 15 is 0 Å². The van der Waals surface area contributed by atoms with Gasteiger partial charge in [0.25, 0.3) is 0 Å². The van der Waals surface area contributed by atoms with Crippen molar-refractivity contribution in [3.63, 3.8) is 0 Å². The second-order valence-corrected chi connectivity index (χ2v) is 9.20. The van der Waals surface area contributed by atoms with Crippen molar-refractivity contribution in [3.8, 4) is 28.6 Å². The fourth-order valence-corrected chi connectivity index (χ4v) is 4.97. The first-order valence-electron chi connectivity index (χ1n) is 12.0. The third-order valence-corrected chi connectivity index (χ3v) is 6.57. The Morgan fingerprint density at radius 3 is 2.31 bits per heavy atom. The summed E-state index contributed by atoms with van der Waals surface area (Å²) < 4.78 is 8.55. The number of hydrogen-bond acceptors (Lipinski definition) is 4. The predicted octanol–water partition coefficient (Wildman–Crippen LogP) is 7.54. The van der Waals surface area contributed by atoms with Crippen LogP contribution >= 0.6 is 0 Å². The van der Waals surface area contributed by atoms with Crippen LogP contribution in [0, 0.1) is 20.8 Å². The zero-order chi connectivity index (χ0) is 24.8. The van der Waals surface area contributed by atoms with Crippen LogP contribution in [0.4, 0.5) is 5.82 Å². The van der Waals surface area contributed by atoms with E-state index < -0.39 is 0 Å². The van der Waals surface area contributed by atoms with E-state index in [1.54, 1.807) is 6.07 Å². The Morgan fingerprint density at radius 2 is 1.50 bits per heavy atom. The van der Waals surface area contributed by atoms with Crippen LogP contribution in [0.25, 0.3) is 38.9 Å². The molecule has 0 saturated heterocycles. The molecule has 0 saturated carbocycles. The van der Waals surface area contributed by atoms with Crippen molar-refractivity contribution in [1.29, 1.82) is 0 Å². The molecule has 0 aliphatic carbocycles. The van der Waals surface area contributed by atoms with Gasteiger partial charge < -0.3 is 10.5 Å². The van der Waals surface area contributed by atoms with Gasteiger partial charge in [0.15, 0.2) is 0 Å². The molecule has 0 spiro atoms. The summed E-state index contributed by atoms with van der Waals surface area (Å²) in [5, 5.41) is 2.32. The highest BCUT2D eigenvalue weighted by Gasteiger charge is 2.15. The van der Waals surface area contributed by atoms with Crippen molar-refractivity contribution >= 4 is 27.6 Å². The van der Waals surface area contributed by atoms with E-state index in [0.717, 1.165) is 55.9 Å². The Bertz CT molecular complexity index is 1750. The molecule has 3 aromatic carbocycles. The molecule has 3 heterocycles. The van der Waals surface area contributed by atoms with Gasteiger partial charge in [-0.1, -0.05) is 36.4 Å². The number of nitrogens with two attached hydrogens (primary N) is 1. The van der Waals surface area contributed by atoms with Gasteiger partial charge in [0.2, 0.25) is 0 Å². The summed E-state index contributed by atoms with van der Waals surface area (Å²) in [5.41, 5.74) is 13.7. The molecular formula is C31H26N4O. The van der Waals surface area contributed by atoms with Gasteiger partial charge >= 0.3 is 0 Å². The first-order chi connectivity index (χ1) is 17.5. The number of para-hydroxylation sites is 1. The molecule has 2 N–H and O–H groups in total. The van der Waals surface area contributed by atoms with Crippen LogP contribution in [-0.2, 0) is 0 Å². The first kappa shape index (κ1) is 21.9. The lowest BCUT2D eigenvalue weighted by Gasteiger charge is -2.13. The number of hydrogen-bond donors (Lipinski definition) is 1. The third kappa shape index (κ3) is 3.75. The topological polar surface area (TPSA) is 66.0 Å². The van der Waals surface area contributed by atoms with Crippen LogP contribution in [0.2, 0.25) is 0 Å². The molecule has 3 aromatic heterocycles. The Kier molecular flexibility index (Phi) is 5.19. The minimum Gasteiger partial charge on any atom is -0.457 e. The van der Waals surface area contributed by atoms with Crippen molar-refractivity contribution in [2.75, 3.05) is 5.73 Å². The second-order valence-electron chi connectivity index (χ2n) is 9.20. The van der Waals surface area contributed by atoms with Crippen molar-refractivity contribution < 1.29 is 4.74 Å². The highest BCUT2D eigenvalue weighted by atomic mass is 16.5. The second kappa shape index (κ2) is 8.54. The minimum atomic E-state index is 0.421. The molecule has 0 fully saturated rings. The van der Waals surface area contributed by atoms with Gasteiger partial charge in [-0.2, -0.15) is 0 Å². The highest BCUT2D eigenvalue weighted by Crippen LogP contribution is 2.36. The van der Waals surface area contributed by atoms with Gasteiger partial charge in [0, 0.05) is 40.7 Å². The fraction of sp³-hybridized carbons (Fsp3) is 0.0968. The number of rotatable bonds is 4. The van der Waals surface area contributed by atoms with Crippen LogP contribution < -0.4 is 10.5 Å². The molecule has 0 bridgehead atoms. The van der Waals surface area contributed by atoms with Crippen LogP contribution in [0.3, 0.4) is 0 Å². The Morgan fingerprint density at radius 1 is 0.722 bits per heavy atom. The van der Waals surface area contributed by atoms with E-state index in [0.29, 0.717) is 11.6 Å². The Balaban J connectivity index is 1.48. The minimum absolute atomic E-state index is 0.421. The van der Waals surface area contributed by atoms with Gasteiger partial charge in [-0.25, -0.2) is 9.97 Å². The molecule has 0 aliphatic heterocycles. The van der Waals surface area contributed by atoms with Gasteiger partial charge in [-0.3, -0.25) is 4.57 Å². The molecule has 176 valence electrons. The number of ether oxygens (including phenoxy) is 1. The fourth-order valence-electron chi connectivity index (χ4n) is 4.97. The molecule has 6 aromatic rings. The zero-order valence-corrected chi connectivity index (χ0v) is 20.5. The van der Waals surface area contributed by atoms with E-state index in [-0.39, 0.29) is 0 Å². The van der Waals surface area contributed by atoms with Crippen LogP contribution in [0.5, 0.6) is 11.5 Å². The van der Waals surface area contributed by atoms with Crippen molar-refractivity contribution in [2.24, 2.45) is 0 Å². The maximum Gasteiger partial charge on any atom is 0.137 e. The number of nitrogens with zero attached hydrogens (tertiary/aromatic N) is 3. The molecule has 6 rings (SSSR count). The van der Waals surface area contributed by atoms with Crippen molar-refractivity contribution in [1.82, 2.24) is 14.5 Å². The number of anilines is 1. The summed E-state index contributed by atoms with van der Waals surface area (Å²) >= 11 is 0. The number of nitrogen functional groups attached to an aromatic ring is 1. The molecule has 0 radical (unpaired) electrons. The van der Waals surface area contributed by atoms with Crippen molar-refractivity contribution in [3.05, 3.63) is 108 Å². The van der Waals surface area contributed by atoms with Crippen molar-refractivity contribution in [2.45, 2.75) is 20.8 Å². The Hall–Kier alpha value is -4.64. The van der Waals surface area contributed by atoms with Crippen LogP contribution in [0.1, 0.15) is 16.7 Å². The normalized spacial score (nSPS) is 11.3. The lowest BCUT2D eigenvalue weighted by molar-refractivity contribution is 0.483. The number of fused-ring (bicyclic) bond motifs is 3. The van der Waals surface area contributed by atoms with Gasteiger partial charge in [-0.15, -0.1) is 0 Å². The number of pyridine rings is 2. The maximum atomic E-state index is 6.37. The summed E-state index contributed by atoms with van der Waals surface area (Å²) in [6.45, 7) is 6.24. The number of aromatic nitrogens is 3. The number of aryl methyl sites for hydroxylation is 3. The molecule has 0 atom stereocenters. The average Bonchev–Trinajstić information content (AvgIpc) is 3.17. The van der Waals surface area contributed by atoms with Gasteiger partial charge in [-0.05, 0) is 67.8 Å². The summed E-state index contributed by atoms with van der Waals surface area (Å²) in [5.74, 6) is 2.67. The van der Waals surface area contributed by atoms with Gasteiger partial charge in [0.05, 0.1) is 16.7 Å². The average molecular weight is 471 g/mol. The molecule has 5 heteroatoms. The third-order valence-electron chi connectivity index (χ3n) is 6.57. The summed E-state index contributed by atoms with van der Waals surface area (Å²) in [6, 6.07) is 28.6. The maximum absolute atomic E-state index is 6.37. The highest BCUT2D eigenvalue weighted by molar-refractivity contribution is 6.09. The molecule has 0 unspecified atom stereocenters. The molecule has 0 amide bonds. The summed E-state index contributed by atoms with van der Waals surface area (Å²) in [4.78, 5) is 9.26. The predicted molar refractivity (Wildman–Crippen MR) is 147 cm³/mol. The van der Waals surface area contributed by atoms with E-state index in [4.69, 9.17) is 10.5 Å². The van der Waals surface area contributed by atoms with E-state index in [1.807, 2.05) is 24.4 Å². The molecular weight excluding hydrogens is 444 g/mol. The zero-order valence-electron chi connectivity index (χ0n) is 20.5. The van der Waals surface area contributed by atoms with Gasteiger partial charge in [0.1, 0.15) is 23.1 Å². The summed E-state index contributed by atoms with van der Waals surface area (Å²) in [6.07, 6.45) is 1.85. The SMILES string of the molecule is Cc1ccnc(-n2c3ccccc3c3ccc(Oc4cc(N)nc(-c5c(C)cccc5C)c4)cc32)c1. The van der Waals surface area contributed by atoms with E-state index in [9.17, 15) is 0 Å². The molecule has 0 aliphatic rings. The summed E-state index contributed by atoms with van der Waals surface area (Å²) in [7, 11) is 0. The Labute approximate surface area is 209 Å². The number of benzene rings is 3. The van der Waals surface area contributed by atoms with E-state index in [1.165, 1.54) is 5.39 Å². The first-order valence-corrected chi connectivity index (χ1v) is 12.0. The quantitative estimate of drug-likeness (QED) is 0.289. The lowest BCUT2D eigenvalue weighted by atomic mass is 9.99. The van der Waals surface area contributed by atoms with Crippen LogP contribution in [-0.4, -0.2) is 14.5 Å². The lowest BCUT2D eigenvalue weighted by Crippen LogP contribution is -1.98. The largest absolute Gasteiger partial charge is 0.457 e.